The molecule has 0 aliphatic carbocycles. The van der Waals surface area contributed by atoms with Crippen LogP contribution in [0.4, 0.5) is 0 Å². The number of carbonyl (C=O) groups excluding carboxylic acids is 1. The Kier molecular flexibility index (Phi) is 7.59. The van der Waals surface area contributed by atoms with Gasteiger partial charge in [-0.1, -0.05) is 43.3 Å². The number of nitrogens with one attached hydrogen (secondary N) is 1. The van der Waals surface area contributed by atoms with Crippen LogP contribution in [0.1, 0.15) is 49.3 Å². The van der Waals surface area contributed by atoms with E-state index in [1.54, 1.807) is 18.7 Å². The third kappa shape index (κ3) is 5.59. The Bertz CT molecular complexity index is 990. The molecule has 1 heterocycles. The Morgan fingerprint density at radius 2 is 1.94 bits per heavy atom. The topological polar surface area (TPSA) is 91.2 Å². The van der Waals surface area contributed by atoms with Crippen molar-refractivity contribution >= 4 is 5.91 Å². The van der Waals surface area contributed by atoms with Crippen LogP contribution in [0.5, 0.6) is 11.5 Å². The van der Waals surface area contributed by atoms with Gasteiger partial charge in [0.05, 0.1) is 19.8 Å². The lowest BCUT2D eigenvalue weighted by Crippen LogP contribution is -2.36. The minimum atomic E-state index is -0.561. The van der Waals surface area contributed by atoms with Crippen molar-refractivity contribution in [3.05, 3.63) is 65.5 Å². The highest BCUT2D eigenvalue weighted by Gasteiger charge is 2.26. The zero-order valence-corrected chi connectivity index (χ0v) is 18.4. The van der Waals surface area contributed by atoms with E-state index in [4.69, 9.17) is 9.47 Å². The fraction of sp³-hybridized carbons (Fsp3) is 0.391. The van der Waals surface area contributed by atoms with Crippen molar-refractivity contribution in [2.75, 3.05) is 13.7 Å². The smallest absolute Gasteiger partial charge is 0.245 e. The number of hydrogen-bond acceptors (Lipinski definition) is 6. The number of amides is 1. The van der Waals surface area contributed by atoms with Gasteiger partial charge >= 0.3 is 0 Å². The van der Waals surface area contributed by atoms with E-state index >= 15 is 0 Å². The summed E-state index contributed by atoms with van der Waals surface area (Å²) in [7, 11) is 1.61. The van der Waals surface area contributed by atoms with Crippen LogP contribution in [-0.4, -0.2) is 39.8 Å². The Hall–Kier alpha value is -3.42. The molecule has 31 heavy (non-hydrogen) atoms. The SMILES string of the molecule is CCCOc1ccc(C(C)NC(=O)C(Cc2ccccc2)n2nnnc2C)cc1OC. The molecule has 0 bridgehead atoms. The lowest BCUT2D eigenvalue weighted by molar-refractivity contribution is -0.125. The molecule has 1 aromatic heterocycles. The van der Waals surface area contributed by atoms with E-state index in [-0.39, 0.29) is 11.9 Å². The number of aryl methyl sites for hydroxylation is 1. The van der Waals surface area contributed by atoms with Crippen LogP contribution >= 0.6 is 0 Å². The molecule has 0 spiro atoms. The Morgan fingerprint density at radius 1 is 1.16 bits per heavy atom. The highest BCUT2D eigenvalue weighted by Crippen LogP contribution is 2.30. The van der Waals surface area contributed by atoms with E-state index in [1.807, 2.05) is 55.5 Å². The van der Waals surface area contributed by atoms with Gasteiger partial charge in [-0.3, -0.25) is 4.79 Å². The van der Waals surface area contributed by atoms with Crippen LogP contribution < -0.4 is 14.8 Å². The maximum absolute atomic E-state index is 13.3. The third-order valence-electron chi connectivity index (χ3n) is 5.04. The number of nitrogens with zero attached hydrogens (tertiary/aromatic N) is 4. The number of ether oxygens (including phenoxy) is 2. The molecule has 1 amide bonds. The number of methoxy groups -OCH3 is 1. The maximum Gasteiger partial charge on any atom is 0.245 e. The summed E-state index contributed by atoms with van der Waals surface area (Å²) in [6.07, 6.45) is 1.40. The van der Waals surface area contributed by atoms with Gasteiger partial charge in [-0.2, -0.15) is 0 Å². The van der Waals surface area contributed by atoms with Crippen molar-refractivity contribution in [3.63, 3.8) is 0 Å². The molecule has 1 N–H and O–H groups in total. The average molecular weight is 424 g/mol. The summed E-state index contributed by atoms with van der Waals surface area (Å²) in [4.78, 5) is 13.3. The second-order valence-corrected chi connectivity index (χ2v) is 7.37. The minimum Gasteiger partial charge on any atom is -0.493 e. The highest BCUT2D eigenvalue weighted by atomic mass is 16.5. The van der Waals surface area contributed by atoms with Crippen molar-refractivity contribution in [2.24, 2.45) is 0 Å². The minimum absolute atomic E-state index is 0.156. The Labute approximate surface area is 182 Å². The lowest BCUT2D eigenvalue weighted by atomic mass is 10.0. The molecule has 2 unspecified atom stereocenters. The molecule has 2 aromatic carbocycles. The van der Waals surface area contributed by atoms with Gasteiger partial charge in [0.15, 0.2) is 11.5 Å². The van der Waals surface area contributed by atoms with E-state index in [9.17, 15) is 4.79 Å². The summed E-state index contributed by atoms with van der Waals surface area (Å²) in [6.45, 7) is 6.39. The predicted molar refractivity (Wildman–Crippen MR) is 117 cm³/mol. The van der Waals surface area contributed by atoms with Crippen molar-refractivity contribution in [1.29, 1.82) is 0 Å². The molecule has 0 fully saturated rings. The molecule has 8 nitrogen and oxygen atoms in total. The highest BCUT2D eigenvalue weighted by molar-refractivity contribution is 5.81. The summed E-state index contributed by atoms with van der Waals surface area (Å²) in [5.41, 5.74) is 1.95. The van der Waals surface area contributed by atoms with E-state index < -0.39 is 6.04 Å². The lowest BCUT2D eigenvalue weighted by Gasteiger charge is -2.22. The van der Waals surface area contributed by atoms with Crippen LogP contribution in [0.2, 0.25) is 0 Å². The number of rotatable bonds is 10. The zero-order chi connectivity index (χ0) is 22.2. The first-order valence-corrected chi connectivity index (χ1v) is 10.4. The normalized spacial score (nSPS) is 12.8. The van der Waals surface area contributed by atoms with Crippen molar-refractivity contribution in [2.45, 2.75) is 45.7 Å². The van der Waals surface area contributed by atoms with E-state index in [1.165, 1.54) is 0 Å². The molecule has 164 valence electrons. The molecule has 0 saturated heterocycles. The Balaban J connectivity index is 1.78. The average Bonchev–Trinajstić information content (AvgIpc) is 3.21. The fourth-order valence-corrected chi connectivity index (χ4v) is 3.33. The summed E-state index contributed by atoms with van der Waals surface area (Å²) in [5, 5.41) is 14.8. The number of hydrogen-bond donors (Lipinski definition) is 1. The van der Waals surface area contributed by atoms with Crippen LogP contribution in [-0.2, 0) is 11.2 Å². The largest absolute Gasteiger partial charge is 0.493 e. The van der Waals surface area contributed by atoms with E-state index in [2.05, 4.69) is 27.8 Å². The van der Waals surface area contributed by atoms with Crippen LogP contribution in [0.25, 0.3) is 0 Å². The zero-order valence-electron chi connectivity index (χ0n) is 18.4. The summed E-state index contributed by atoms with van der Waals surface area (Å²) in [5.74, 6) is 1.77. The number of aromatic nitrogens is 4. The summed E-state index contributed by atoms with van der Waals surface area (Å²) >= 11 is 0. The predicted octanol–water partition coefficient (Wildman–Crippen LogP) is 3.44. The molecule has 3 aromatic rings. The Morgan fingerprint density at radius 3 is 2.58 bits per heavy atom. The van der Waals surface area contributed by atoms with Gasteiger partial charge in [0, 0.05) is 6.42 Å². The maximum atomic E-state index is 13.3. The molecule has 8 heteroatoms. The first kappa shape index (κ1) is 22.3. The fourth-order valence-electron chi connectivity index (χ4n) is 3.33. The molecule has 0 saturated carbocycles. The summed E-state index contributed by atoms with van der Waals surface area (Å²) in [6, 6.07) is 14.7. The monoisotopic (exact) mass is 423 g/mol. The molecule has 0 aliphatic rings. The second-order valence-electron chi connectivity index (χ2n) is 7.37. The molecule has 0 radical (unpaired) electrons. The van der Waals surface area contributed by atoms with Gasteiger partial charge < -0.3 is 14.8 Å². The van der Waals surface area contributed by atoms with E-state index in [0.717, 1.165) is 17.5 Å². The molecule has 2 atom stereocenters. The number of tetrazole rings is 1. The van der Waals surface area contributed by atoms with E-state index in [0.29, 0.717) is 30.4 Å². The number of benzene rings is 2. The molecular weight excluding hydrogens is 394 g/mol. The third-order valence-corrected chi connectivity index (χ3v) is 5.04. The first-order chi connectivity index (χ1) is 15.0. The molecular formula is C23H29N5O3. The van der Waals surface area contributed by atoms with Crippen LogP contribution in [0, 0.1) is 6.92 Å². The van der Waals surface area contributed by atoms with Gasteiger partial charge in [-0.25, -0.2) is 4.68 Å². The standard InChI is InChI=1S/C23H29N5O3/c1-5-13-31-21-12-11-19(15-22(21)30-4)16(2)24-23(29)20(28-17(3)25-26-27-28)14-18-9-7-6-8-10-18/h6-12,15-16,20H,5,13-14H2,1-4H3,(H,24,29). The summed E-state index contributed by atoms with van der Waals surface area (Å²) < 4.78 is 12.8. The van der Waals surface area contributed by atoms with Crippen molar-refractivity contribution < 1.29 is 14.3 Å². The van der Waals surface area contributed by atoms with Crippen molar-refractivity contribution in [1.82, 2.24) is 25.5 Å². The van der Waals surface area contributed by atoms with Crippen LogP contribution in [0.15, 0.2) is 48.5 Å². The number of carbonyl (C=O) groups is 1. The molecule has 0 aliphatic heterocycles. The van der Waals surface area contributed by atoms with Gasteiger partial charge in [0.2, 0.25) is 5.91 Å². The van der Waals surface area contributed by atoms with Crippen LogP contribution in [0.3, 0.4) is 0 Å². The van der Waals surface area contributed by atoms with Crippen molar-refractivity contribution in [3.8, 4) is 11.5 Å². The second kappa shape index (κ2) is 10.6. The molecule has 3 rings (SSSR count). The first-order valence-electron chi connectivity index (χ1n) is 10.4. The van der Waals surface area contributed by atoms with Gasteiger partial charge in [0.25, 0.3) is 0 Å². The van der Waals surface area contributed by atoms with Gasteiger partial charge in [-0.05, 0) is 54.0 Å². The quantitative estimate of drug-likeness (QED) is 0.537. The van der Waals surface area contributed by atoms with Gasteiger partial charge in [0.1, 0.15) is 11.9 Å². The van der Waals surface area contributed by atoms with Gasteiger partial charge in [-0.15, -0.1) is 5.10 Å².